The summed E-state index contributed by atoms with van der Waals surface area (Å²) < 4.78 is 5.43. The van der Waals surface area contributed by atoms with Gasteiger partial charge in [0.15, 0.2) is 0 Å². The molecule has 2 saturated heterocycles. The molecule has 0 radical (unpaired) electrons. The van der Waals surface area contributed by atoms with E-state index in [0.717, 1.165) is 44.8 Å². The lowest BCUT2D eigenvalue weighted by atomic mass is 10.0. The first-order valence-electron chi connectivity index (χ1n) is 8.04. The first-order chi connectivity index (χ1) is 9.29. The SMILES string of the molecule is CC(CCN)CCCN1CCC(N2CCOCC2)C1. The third-order valence-corrected chi connectivity index (χ3v) is 4.64. The fourth-order valence-electron chi connectivity index (χ4n) is 3.35. The van der Waals surface area contributed by atoms with Crippen molar-refractivity contribution in [2.75, 3.05) is 52.5 Å². The minimum absolute atomic E-state index is 0.783. The molecule has 2 unspecified atom stereocenters. The lowest BCUT2D eigenvalue weighted by Crippen LogP contribution is -2.44. The van der Waals surface area contributed by atoms with Gasteiger partial charge in [0.25, 0.3) is 0 Å². The van der Waals surface area contributed by atoms with Crippen molar-refractivity contribution in [3.05, 3.63) is 0 Å². The molecular weight excluding hydrogens is 238 g/mol. The topological polar surface area (TPSA) is 41.7 Å². The summed E-state index contributed by atoms with van der Waals surface area (Å²) in [6.45, 7) is 11.1. The van der Waals surface area contributed by atoms with Crippen LogP contribution in [0.25, 0.3) is 0 Å². The number of hydrogen-bond donors (Lipinski definition) is 1. The van der Waals surface area contributed by atoms with E-state index in [-0.39, 0.29) is 0 Å². The van der Waals surface area contributed by atoms with Gasteiger partial charge < -0.3 is 15.4 Å². The molecule has 19 heavy (non-hydrogen) atoms. The largest absolute Gasteiger partial charge is 0.379 e. The number of ether oxygens (including phenoxy) is 1. The van der Waals surface area contributed by atoms with Crippen molar-refractivity contribution in [1.82, 2.24) is 9.80 Å². The van der Waals surface area contributed by atoms with Crippen molar-refractivity contribution in [2.24, 2.45) is 11.7 Å². The average Bonchev–Trinajstić information content (AvgIpc) is 2.89. The van der Waals surface area contributed by atoms with Crippen LogP contribution in [-0.2, 0) is 4.74 Å². The quantitative estimate of drug-likeness (QED) is 0.753. The summed E-state index contributed by atoms with van der Waals surface area (Å²) in [6, 6.07) is 0.783. The Hall–Kier alpha value is -0.160. The van der Waals surface area contributed by atoms with Crippen molar-refractivity contribution in [2.45, 2.75) is 38.6 Å². The minimum Gasteiger partial charge on any atom is -0.379 e. The van der Waals surface area contributed by atoms with Crippen LogP contribution in [0.4, 0.5) is 0 Å². The summed E-state index contributed by atoms with van der Waals surface area (Å²) in [4.78, 5) is 5.27. The van der Waals surface area contributed by atoms with Gasteiger partial charge in [-0.2, -0.15) is 0 Å². The van der Waals surface area contributed by atoms with Crippen LogP contribution in [0.1, 0.15) is 32.6 Å². The maximum absolute atomic E-state index is 5.60. The second kappa shape index (κ2) is 8.20. The van der Waals surface area contributed by atoms with E-state index in [0.29, 0.717) is 0 Å². The summed E-state index contributed by atoms with van der Waals surface area (Å²) in [5.41, 5.74) is 5.60. The van der Waals surface area contributed by atoms with Crippen molar-refractivity contribution in [3.8, 4) is 0 Å². The summed E-state index contributed by atoms with van der Waals surface area (Å²) in [7, 11) is 0. The summed E-state index contributed by atoms with van der Waals surface area (Å²) >= 11 is 0. The van der Waals surface area contributed by atoms with E-state index in [9.17, 15) is 0 Å². The number of hydrogen-bond acceptors (Lipinski definition) is 4. The molecule has 0 bridgehead atoms. The molecular formula is C15H31N3O. The van der Waals surface area contributed by atoms with Crippen LogP contribution in [-0.4, -0.2) is 68.3 Å². The molecule has 2 rings (SSSR count). The van der Waals surface area contributed by atoms with E-state index in [1.807, 2.05) is 0 Å². The zero-order chi connectivity index (χ0) is 13.5. The Bertz CT molecular complexity index is 244. The van der Waals surface area contributed by atoms with Gasteiger partial charge >= 0.3 is 0 Å². The van der Waals surface area contributed by atoms with Crippen LogP contribution in [0.2, 0.25) is 0 Å². The molecule has 2 aliphatic heterocycles. The number of nitrogens with zero attached hydrogens (tertiary/aromatic N) is 2. The van der Waals surface area contributed by atoms with Gasteiger partial charge in [-0.3, -0.25) is 4.90 Å². The van der Waals surface area contributed by atoms with Gasteiger partial charge in [-0.15, -0.1) is 0 Å². The Morgan fingerprint density at radius 2 is 2.00 bits per heavy atom. The highest BCUT2D eigenvalue weighted by atomic mass is 16.5. The molecule has 0 aromatic carbocycles. The molecule has 112 valence electrons. The molecule has 0 aromatic heterocycles. The maximum Gasteiger partial charge on any atom is 0.0594 e. The first kappa shape index (κ1) is 15.2. The van der Waals surface area contributed by atoms with Crippen LogP contribution < -0.4 is 5.73 Å². The Balaban J connectivity index is 1.59. The van der Waals surface area contributed by atoms with Gasteiger partial charge in [0.05, 0.1) is 13.2 Å². The van der Waals surface area contributed by atoms with E-state index in [1.165, 1.54) is 45.3 Å². The van der Waals surface area contributed by atoms with Crippen molar-refractivity contribution in [1.29, 1.82) is 0 Å². The van der Waals surface area contributed by atoms with Crippen LogP contribution in [0.5, 0.6) is 0 Å². The molecule has 2 N–H and O–H groups in total. The van der Waals surface area contributed by atoms with Gasteiger partial charge in [-0.25, -0.2) is 0 Å². The second-order valence-electron chi connectivity index (χ2n) is 6.22. The van der Waals surface area contributed by atoms with Gasteiger partial charge in [-0.1, -0.05) is 6.92 Å². The van der Waals surface area contributed by atoms with Crippen LogP contribution in [0.3, 0.4) is 0 Å². The van der Waals surface area contributed by atoms with E-state index >= 15 is 0 Å². The summed E-state index contributed by atoms with van der Waals surface area (Å²) in [6.07, 6.45) is 5.18. The highest BCUT2D eigenvalue weighted by molar-refractivity contribution is 4.84. The second-order valence-corrected chi connectivity index (χ2v) is 6.22. The average molecular weight is 269 g/mol. The Morgan fingerprint density at radius 1 is 1.21 bits per heavy atom. The smallest absolute Gasteiger partial charge is 0.0594 e. The normalized spacial score (nSPS) is 27.8. The van der Waals surface area contributed by atoms with E-state index < -0.39 is 0 Å². The molecule has 2 heterocycles. The minimum atomic E-state index is 0.783. The molecule has 0 spiro atoms. The van der Waals surface area contributed by atoms with Crippen LogP contribution >= 0.6 is 0 Å². The Morgan fingerprint density at radius 3 is 2.74 bits per heavy atom. The highest BCUT2D eigenvalue weighted by Gasteiger charge is 2.28. The van der Waals surface area contributed by atoms with Gasteiger partial charge in [0.2, 0.25) is 0 Å². The molecule has 4 nitrogen and oxygen atoms in total. The third-order valence-electron chi connectivity index (χ3n) is 4.64. The lowest BCUT2D eigenvalue weighted by molar-refractivity contribution is 0.0185. The zero-order valence-corrected chi connectivity index (χ0v) is 12.5. The fourth-order valence-corrected chi connectivity index (χ4v) is 3.35. The molecule has 0 aromatic rings. The molecule has 4 heteroatoms. The van der Waals surface area contributed by atoms with E-state index in [1.54, 1.807) is 0 Å². The highest BCUT2D eigenvalue weighted by Crippen LogP contribution is 2.18. The predicted octanol–water partition coefficient (Wildman–Crippen LogP) is 1.16. The first-order valence-corrected chi connectivity index (χ1v) is 8.04. The molecule has 0 amide bonds. The summed E-state index contributed by atoms with van der Waals surface area (Å²) in [5, 5.41) is 0. The van der Waals surface area contributed by atoms with Gasteiger partial charge in [-0.05, 0) is 51.2 Å². The fraction of sp³-hybridized carbons (Fsp3) is 1.00. The molecule has 2 atom stereocenters. The molecule has 0 aliphatic carbocycles. The van der Waals surface area contributed by atoms with E-state index in [4.69, 9.17) is 10.5 Å². The van der Waals surface area contributed by atoms with Gasteiger partial charge in [0.1, 0.15) is 0 Å². The Kier molecular flexibility index (Phi) is 6.57. The third kappa shape index (κ3) is 5.03. The molecule has 2 fully saturated rings. The predicted molar refractivity (Wildman–Crippen MR) is 79.3 cm³/mol. The number of likely N-dealkylation sites (tertiary alicyclic amines) is 1. The Labute approximate surface area is 118 Å². The maximum atomic E-state index is 5.60. The van der Waals surface area contributed by atoms with Crippen LogP contribution in [0.15, 0.2) is 0 Å². The van der Waals surface area contributed by atoms with Crippen LogP contribution in [0, 0.1) is 5.92 Å². The lowest BCUT2D eigenvalue weighted by Gasteiger charge is -2.32. The van der Waals surface area contributed by atoms with Gasteiger partial charge in [0, 0.05) is 25.7 Å². The van der Waals surface area contributed by atoms with E-state index in [2.05, 4.69) is 16.7 Å². The van der Waals surface area contributed by atoms with Crippen molar-refractivity contribution in [3.63, 3.8) is 0 Å². The standard InChI is InChI=1S/C15H31N3O/c1-14(4-6-16)3-2-7-17-8-5-15(13-17)18-9-11-19-12-10-18/h14-15H,2-13,16H2,1H3. The number of rotatable bonds is 7. The summed E-state index contributed by atoms with van der Waals surface area (Å²) in [5.74, 6) is 0.794. The number of morpholine rings is 1. The number of nitrogens with two attached hydrogens (primary N) is 1. The zero-order valence-electron chi connectivity index (χ0n) is 12.5. The molecule has 0 saturated carbocycles. The van der Waals surface area contributed by atoms with Crippen molar-refractivity contribution < 1.29 is 4.74 Å². The monoisotopic (exact) mass is 269 g/mol. The van der Waals surface area contributed by atoms with Crippen molar-refractivity contribution >= 4 is 0 Å². The molecule has 2 aliphatic rings.